The predicted molar refractivity (Wildman–Crippen MR) is 291 cm³/mol. The zero-order valence-corrected chi connectivity index (χ0v) is 43.3. The van der Waals surface area contributed by atoms with Crippen molar-refractivity contribution in [1.29, 1.82) is 0 Å². The first-order chi connectivity index (χ1) is 32.1. The summed E-state index contributed by atoms with van der Waals surface area (Å²) in [6, 6.07) is 47.5. The van der Waals surface area contributed by atoms with E-state index < -0.39 is 0 Å². The first-order valence-electron chi connectivity index (χ1n) is 24.9. The van der Waals surface area contributed by atoms with E-state index >= 15 is 0 Å². The molecule has 8 aromatic rings. The standard InChI is InChI=1S/C63H72N4O/c1-39(2)43-29-53(40(3)4)60(54(30-43)41(5)6)42-27-28-64-59(31-42)67-57-35-45(62(10,11)12)23-25-51(57)52-26-24-49(37-58(52)67)68-50-34-46(63(13,14)15)33-48(36-50)66-38-65(55-21-16-17-22-56(55)66)47-20-18-19-44(32-47)61(7,8)9/h16-37,39-41H,38H2,1-15H3. The molecule has 5 nitrogen and oxygen atoms in total. The highest BCUT2D eigenvalue weighted by Crippen LogP contribution is 2.47. The van der Waals surface area contributed by atoms with E-state index in [1.54, 1.807) is 0 Å². The Labute approximate surface area is 406 Å². The molecule has 0 spiro atoms. The maximum atomic E-state index is 7.07. The Morgan fingerprint density at radius 1 is 0.485 bits per heavy atom. The number of benzene rings is 6. The van der Waals surface area contributed by atoms with Gasteiger partial charge >= 0.3 is 0 Å². The zero-order chi connectivity index (χ0) is 48.6. The van der Waals surface area contributed by atoms with Crippen LogP contribution < -0.4 is 14.5 Å². The van der Waals surface area contributed by atoms with Crippen molar-refractivity contribution in [2.24, 2.45) is 0 Å². The number of fused-ring (bicyclic) bond motifs is 4. The van der Waals surface area contributed by atoms with Gasteiger partial charge in [-0.1, -0.05) is 152 Å². The van der Waals surface area contributed by atoms with Gasteiger partial charge in [-0.2, -0.15) is 0 Å². The second-order valence-electron chi connectivity index (χ2n) is 23.3. The molecule has 350 valence electrons. The largest absolute Gasteiger partial charge is 0.457 e. The van der Waals surface area contributed by atoms with Crippen molar-refractivity contribution in [2.45, 2.75) is 138 Å². The van der Waals surface area contributed by atoms with Crippen LogP contribution in [0.25, 0.3) is 38.8 Å². The van der Waals surface area contributed by atoms with Gasteiger partial charge in [0.05, 0.1) is 22.4 Å². The third-order valence-corrected chi connectivity index (χ3v) is 14.1. The molecule has 0 radical (unpaired) electrons. The minimum Gasteiger partial charge on any atom is -0.457 e. The lowest BCUT2D eigenvalue weighted by Gasteiger charge is -2.27. The fourth-order valence-electron chi connectivity index (χ4n) is 9.92. The number of nitrogens with zero attached hydrogens (tertiary/aromatic N) is 4. The smallest absolute Gasteiger partial charge is 0.138 e. The van der Waals surface area contributed by atoms with Crippen LogP contribution in [0.15, 0.2) is 134 Å². The van der Waals surface area contributed by atoms with Crippen LogP contribution in [-0.2, 0) is 16.2 Å². The number of para-hydroxylation sites is 2. The van der Waals surface area contributed by atoms with Crippen molar-refractivity contribution in [3.8, 4) is 28.4 Å². The molecule has 9 rings (SSSR count). The van der Waals surface area contributed by atoms with Gasteiger partial charge in [-0.15, -0.1) is 0 Å². The number of hydrogen-bond acceptors (Lipinski definition) is 4. The van der Waals surface area contributed by atoms with Crippen molar-refractivity contribution in [3.63, 3.8) is 0 Å². The second kappa shape index (κ2) is 17.3. The maximum absolute atomic E-state index is 7.07. The van der Waals surface area contributed by atoms with Crippen LogP contribution in [0.3, 0.4) is 0 Å². The minimum atomic E-state index is -0.119. The number of anilines is 4. The Morgan fingerprint density at radius 3 is 1.66 bits per heavy atom. The van der Waals surface area contributed by atoms with E-state index in [4.69, 9.17) is 9.72 Å². The summed E-state index contributed by atoms with van der Waals surface area (Å²) in [5.74, 6) is 3.66. The summed E-state index contributed by atoms with van der Waals surface area (Å²) in [5.41, 5.74) is 17.3. The molecule has 0 saturated heterocycles. The molecule has 0 fully saturated rings. The fourth-order valence-corrected chi connectivity index (χ4v) is 9.92. The molecule has 1 aliphatic heterocycles. The lowest BCUT2D eigenvalue weighted by atomic mass is 9.82. The first-order valence-corrected chi connectivity index (χ1v) is 24.9. The molecule has 0 aliphatic carbocycles. The summed E-state index contributed by atoms with van der Waals surface area (Å²) in [6.45, 7) is 35.1. The topological polar surface area (TPSA) is 33.5 Å². The summed E-state index contributed by atoms with van der Waals surface area (Å²) in [4.78, 5) is 10.0. The van der Waals surface area contributed by atoms with Crippen LogP contribution in [0.4, 0.5) is 22.7 Å². The maximum Gasteiger partial charge on any atom is 0.138 e. The van der Waals surface area contributed by atoms with Gasteiger partial charge in [0.15, 0.2) is 0 Å². The lowest BCUT2D eigenvalue weighted by molar-refractivity contribution is 0.479. The Hall–Kier alpha value is -6.33. The van der Waals surface area contributed by atoms with E-state index in [1.165, 1.54) is 72.3 Å². The Morgan fingerprint density at radius 2 is 1.06 bits per heavy atom. The van der Waals surface area contributed by atoms with Gasteiger partial charge in [0, 0.05) is 40.5 Å². The van der Waals surface area contributed by atoms with E-state index in [1.807, 2.05) is 6.20 Å². The average Bonchev–Trinajstić information content (AvgIpc) is 3.83. The molecular weight excluding hydrogens is 829 g/mol. The highest BCUT2D eigenvalue weighted by molar-refractivity contribution is 6.10. The van der Waals surface area contributed by atoms with E-state index in [9.17, 15) is 0 Å². The molecule has 0 N–H and O–H groups in total. The molecular formula is C63H72N4O. The van der Waals surface area contributed by atoms with Gasteiger partial charge in [-0.25, -0.2) is 4.98 Å². The summed E-state index contributed by atoms with van der Waals surface area (Å²) in [6.07, 6.45) is 2.00. The van der Waals surface area contributed by atoms with Gasteiger partial charge in [-0.05, 0) is 145 Å². The lowest BCUT2D eigenvalue weighted by Crippen LogP contribution is -2.25. The molecule has 0 amide bonds. The quantitative estimate of drug-likeness (QED) is 0.145. The number of aromatic nitrogens is 2. The highest BCUT2D eigenvalue weighted by Gasteiger charge is 2.30. The van der Waals surface area contributed by atoms with Crippen LogP contribution in [0.2, 0.25) is 0 Å². The Balaban J connectivity index is 1.18. The molecule has 3 heterocycles. The van der Waals surface area contributed by atoms with Crippen molar-refractivity contribution in [2.75, 3.05) is 16.5 Å². The van der Waals surface area contributed by atoms with Crippen LogP contribution >= 0.6 is 0 Å². The van der Waals surface area contributed by atoms with E-state index in [0.29, 0.717) is 24.4 Å². The zero-order valence-electron chi connectivity index (χ0n) is 43.3. The van der Waals surface area contributed by atoms with E-state index in [-0.39, 0.29) is 16.2 Å². The van der Waals surface area contributed by atoms with Crippen LogP contribution in [-0.4, -0.2) is 16.2 Å². The molecule has 5 heteroatoms. The first kappa shape index (κ1) is 46.8. The fraction of sp³-hybridized carbons (Fsp3) is 0.349. The van der Waals surface area contributed by atoms with Crippen molar-refractivity contribution in [1.82, 2.24) is 9.55 Å². The normalized spacial score (nSPS) is 13.5. The monoisotopic (exact) mass is 901 g/mol. The Kier molecular flexibility index (Phi) is 11.9. The molecule has 2 aromatic heterocycles. The predicted octanol–water partition coefficient (Wildman–Crippen LogP) is 18.1. The van der Waals surface area contributed by atoms with Crippen molar-refractivity contribution >= 4 is 44.6 Å². The summed E-state index contributed by atoms with van der Waals surface area (Å²) in [7, 11) is 0. The molecule has 6 aromatic carbocycles. The molecule has 0 bridgehead atoms. The third-order valence-electron chi connectivity index (χ3n) is 14.1. The minimum absolute atomic E-state index is 0.0331. The second-order valence-corrected chi connectivity index (χ2v) is 23.3. The Bertz CT molecular complexity index is 3150. The van der Waals surface area contributed by atoms with Crippen LogP contribution in [0.1, 0.15) is 155 Å². The molecule has 68 heavy (non-hydrogen) atoms. The molecule has 0 saturated carbocycles. The number of rotatable bonds is 9. The van der Waals surface area contributed by atoms with Gasteiger partial charge in [-0.3, -0.25) is 4.57 Å². The summed E-state index contributed by atoms with van der Waals surface area (Å²) >= 11 is 0. The number of ether oxygens (including phenoxy) is 1. The van der Waals surface area contributed by atoms with Gasteiger partial charge < -0.3 is 14.5 Å². The van der Waals surface area contributed by atoms with Gasteiger partial charge in [0.1, 0.15) is 24.0 Å². The van der Waals surface area contributed by atoms with Gasteiger partial charge in [0.25, 0.3) is 0 Å². The van der Waals surface area contributed by atoms with Crippen molar-refractivity contribution in [3.05, 3.63) is 167 Å². The molecule has 0 unspecified atom stereocenters. The number of pyridine rings is 1. The van der Waals surface area contributed by atoms with E-state index in [2.05, 4.69) is 246 Å². The molecule has 0 atom stereocenters. The highest BCUT2D eigenvalue weighted by atomic mass is 16.5. The molecule has 1 aliphatic rings. The number of hydrogen-bond donors (Lipinski definition) is 0. The van der Waals surface area contributed by atoms with Crippen molar-refractivity contribution < 1.29 is 4.74 Å². The van der Waals surface area contributed by atoms with E-state index in [0.717, 1.165) is 34.0 Å². The summed E-state index contributed by atoms with van der Waals surface area (Å²) < 4.78 is 9.44. The SMILES string of the molecule is CC(C)c1cc(C(C)C)c(-c2ccnc(-n3c4cc(Oc5cc(N6CN(c7cccc(C(C)(C)C)c7)c7ccccc76)cc(C(C)(C)C)c5)ccc4c4ccc(C(C)(C)C)cc43)c2)c(C(C)C)c1. The van der Waals surface area contributed by atoms with Crippen LogP contribution in [0.5, 0.6) is 11.5 Å². The van der Waals surface area contributed by atoms with Crippen LogP contribution in [0, 0.1) is 0 Å². The van der Waals surface area contributed by atoms with Gasteiger partial charge in [0.2, 0.25) is 0 Å². The third kappa shape index (κ3) is 8.81. The summed E-state index contributed by atoms with van der Waals surface area (Å²) in [5, 5.41) is 2.36. The average molecular weight is 901 g/mol.